The molecule has 3 aromatic rings. The summed E-state index contributed by atoms with van der Waals surface area (Å²) in [6, 6.07) is 12.4. The SMILES string of the molecule is C=CCNS(=O)(=O)Cc1ccc(NC(=O)c2cc(C)n(-c3cccnc3)c2C)cc1. The Labute approximate surface area is 176 Å². The van der Waals surface area contributed by atoms with Gasteiger partial charge >= 0.3 is 0 Å². The van der Waals surface area contributed by atoms with Gasteiger partial charge in [-0.1, -0.05) is 18.2 Å². The quantitative estimate of drug-likeness (QED) is 0.543. The largest absolute Gasteiger partial charge is 0.322 e. The first-order chi connectivity index (χ1) is 14.3. The summed E-state index contributed by atoms with van der Waals surface area (Å²) in [6.45, 7) is 7.51. The van der Waals surface area contributed by atoms with Crippen LogP contribution in [0, 0.1) is 13.8 Å². The minimum atomic E-state index is -3.43. The maximum absolute atomic E-state index is 12.8. The average molecular weight is 425 g/mol. The summed E-state index contributed by atoms with van der Waals surface area (Å²) in [4.78, 5) is 16.9. The van der Waals surface area contributed by atoms with Gasteiger partial charge in [0, 0.05) is 29.8 Å². The van der Waals surface area contributed by atoms with Crippen LogP contribution in [0.15, 0.2) is 67.5 Å². The zero-order chi connectivity index (χ0) is 21.7. The molecule has 0 atom stereocenters. The lowest BCUT2D eigenvalue weighted by molar-refractivity contribution is 0.102. The Bertz CT molecular complexity index is 1150. The van der Waals surface area contributed by atoms with Crippen molar-refractivity contribution in [2.24, 2.45) is 0 Å². The van der Waals surface area contributed by atoms with Crippen molar-refractivity contribution in [3.63, 3.8) is 0 Å². The van der Waals surface area contributed by atoms with E-state index in [0.717, 1.165) is 17.1 Å². The van der Waals surface area contributed by atoms with E-state index in [1.807, 2.05) is 36.6 Å². The van der Waals surface area contributed by atoms with Crippen LogP contribution in [-0.4, -0.2) is 30.4 Å². The average Bonchev–Trinajstić information content (AvgIpc) is 3.02. The lowest BCUT2D eigenvalue weighted by Gasteiger charge is -2.10. The molecular formula is C22H24N4O3S. The van der Waals surface area contributed by atoms with Crippen LogP contribution in [-0.2, 0) is 15.8 Å². The van der Waals surface area contributed by atoms with Gasteiger partial charge in [0.25, 0.3) is 5.91 Å². The minimum Gasteiger partial charge on any atom is -0.322 e. The maximum atomic E-state index is 12.8. The highest BCUT2D eigenvalue weighted by atomic mass is 32.2. The summed E-state index contributed by atoms with van der Waals surface area (Å²) in [5, 5.41) is 2.87. The fourth-order valence-corrected chi connectivity index (χ4v) is 4.32. The molecular weight excluding hydrogens is 400 g/mol. The van der Waals surface area contributed by atoms with E-state index in [-0.39, 0.29) is 18.2 Å². The molecule has 0 fully saturated rings. The second kappa shape index (κ2) is 9.06. The van der Waals surface area contributed by atoms with Crippen LogP contribution in [0.5, 0.6) is 0 Å². The number of benzene rings is 1. The van der Waals surface area contributed by atoms with Gasteiger partial charge in [-0.3, -0.25) is 9.78 Å². The highest BCUT2D eigenvalue weighted by Gasteiger charge is 2.17. The van der Waals surface area contributed by atoms with Crippen molar-refractivity contribution >= 4 is 21.6 Å². The molecule has 0 saturated heterocycles. The topological polar surface area (TPSA) is 93.1 Å². The molecule has 0 aliphatic carbocycles. The zero-order valence-corrected chi connectivity index (χ0v) is 17.7. The number of aryl methyl sites for hydroxylation is 1. The molecule has 2 heterocycles. The molecule has 0 aliphatic rings. The van der Waals surface area contributed by atoms with Gasteiger partial charge in [0.05, 0.1) is 23.2 Å². The van der Waals surface area contributed by atoms with Gasteiger partial charge in [-0.15, -0.1) is 6.58 Å². The van der Waals surface area contributed by atoms with Gasteiger partial charge in [-0.05, 0) is 49.7 Å². The number of pyridine rings is 1. The molecule has 0 aliphatic heterocycles. The third kappa shape index (κ3) is 5.03. The van der Waals surface area contributed by atoms with Crippen LogP contribution < -0.4 is 10.0 Å². The van der Waals surface area contributed by atoms with Crippen molar-refractivity contribution in [3.05, 3.63) is 90.0 Å². The Morgan fingerprint density at radius 1 is 1.20 bits per heavy atom. The second-order valence-corrected chi connectivity index (χ2v) is 8.69. The molecule has 3 rings (SSSR count). The van der Waals surface area contributed by atoms with Crippen molar-refractivity contribution < 1.29 is 13.2 Å². The van der Waals surface area contributed by atoms with E-state index in [4.69, 9.17) is 0 Å². The van der Waals surface area contributed by atoms with Crippen LogP contribution in [0.25, 0.3) is 5.69 Å². The highest BCUT2D eigenvalue weighted by molar-refractivity contribution is 7.88. The van der Waals surface area contributed by atoms with Gasteiger partial charge in [-0.2, -0.15) is 0 Å². The van der Waals surface area contributed by atoms with Crippen molar-refractivity contribution in [1.29, 1.82) is 0 Å². The summed E-state index contributed by atoms with van der Waals surface area (Å²) in [7, 11) is -3.43. The molecule has 30 heavy (non-hydrogen) atoms. The molecule has 2 N–H and O–H groups in total. The van der Waals surface area contributed by atoms with E-state index < -0.39 is 10.0 Å². The van der Waals surface area contributed by atoms with Crippen LogP contribution >= 0.6 is 0 Å². The maximum Gasteiger partial charge on any atom is 0.257 e. The Hall–Kier alpha value is -3.23. The van der Waals surface area contributed by atoms with Gasteiger partial charge in [0.15, 0.2) is 0 Å². The summed E-state index contributed by atoms with van der Waals surface area (Å²) < 4.78 is 28.3. The summed E-state index contributed by atoms with van der Waals surface area (Å²) in [6.07, 6.45) is 4.94. The lowest BCUT2D eigenvalue weighted by Crippen LogP contribution is -2.25. The summed E-state index contributed by atoms with van der Waals surface area (Å²) in [5.74, 6) is -0.368. The predicted octanol–water partition coefficient (Wildman–Crippen LogP) is 3.35. The minimum absolute atomic E-state index is 0.138. The molecule has 7 nitrogen and oxygen atoms in total. The number of carbonyl (C=O) groups is 1. The molecule has 1 amide bonds. The first-order valence-electron chi connectivity index (χ1n) is 9.38. The van der Waals surface area contributed by atoms with E-state index in [2.05, 4.69) is 21.6 Å². The number of sulfonamides is 1. The number of amides is 1. The van der Waals surface area contributed by atoms with E-state index in [0.29, 0.717) is 16.8 Å². The zero-order valence-electron chi connectivity index (χ0n) is 16.9. The molecule has 0 spiro atoms. The lowest BCUT2D eigenvalue weighted by atomic mass is 10.2. The highest BCUT2D eigenvalue weighted by Crippen LogP contribution is 2.21. The monoisotopic (exact) mass is 424 g/mol. The summed E-state index contributed by atoms with van der Waals surface area (Å²) in [5.41, 5.74) is 4.41. The van der Waals surface area contributed by atoms with E-state index in [1.54, 1.807) is 36.7 Å². The van der Waals surface area contributed by atoms with Gasteiger partial charge in [-0.25, -0.2) is 13.1 Å². The first kappa shape index (κ1) is 21.5. The fourth-order valence-electron chi connectivity index (χ4n) is 3.22. The molecule has 156 valence electrons. The van der Waals surface area contributed by atoms with Crippen molar-refractivity contribution in [2.45, 2.75) is 19.6 Å². The fraction of sp³-hybridized carbons (Fsp3) is 0.182. The van der Waals surface area contributed by atoms with Crippen LogP contribution in [0.1, 0.15) is 27.3 Å². The van der Waals surface area contributed by atoms with Gasteiger partial charge < -0.3 is 9.88 Å². The van der Waals surface area contributed by atoms with Crippen molar-refractivity contribution in [3.8, 4) is 5.69 Å². The predicted molar refractivity (Wildman–Crippen MR) is 118 cm³/mol. The molecule has 8 heteroatoms. The standard InChI is InChI=1S/C22H24N4O3S/c1-4-11-24-30(28,29)15-18-7-9-19(10-8-18)25-22(27)21-13-16(2)26(17(21)3)20-6-5-12-23-14-20/h4-10,12-14,24H,1,11,15H2,2-3H3,(H,25,27). The molecule has 2 aromatic heterocycles. The van der Waals surface area contributed by atoms with Crippen molar-refractivity contribution in [1.82, 2.24) is 14.3 Å². The number of carbonyl (C=O) groups excluding carboxylic acids is 1. The Morgan fingerprint density at radius 2 is 1.93 bits per heavy atom. The number of hydrogen-bond donors (Lipinski definition) is 2. The number of nitrogens with one attached hydrogen (secondary N) is 2. The first-order valence-corrected chi connectivity index (χ1v) is 11.0. The van der Waals surface area contributed by atoms with E-state index in [9.17, 15) is 13.2 Å². The molecule has 0 radical (unpaired) electrons. The number of rotatable bonds is 8. The van der Waals surface area contributed by atoms with E-state index >= 15 is 0 Å². The van der Waals surface area contributed by atoms with Crippen molar-refractivity contribution in [2.75, 3.05) is 11.9 Å². The molecule has 0 bridgehead atoms. The molecule has 0 unspecified atom stereocenters. The third-order valence-corrected chi connectivity index (χ3v) is 5.92. The Kier molecular flexibility index (Phi) is 6.49. The normalized spacial score (nSPS) is 11.3. The second-order valence-electron chi connectivity index (χ2n) is 6.88. The van der Waals surface area contributed by atoms with Gasteiger partial charge in [0.1, 0.15) is 0 Å². The third-order valence-electron chi connectivity index (χ3n) is 4.60. The van der Waals surface area contributed by atoms with Crippen LogP contribution in [0.4, 0.5) is 5.69 Å². The number of anilines is 1. The summed E-state index contributed by atoms with van der Waals surface area (Å²) >= 11 is 0. The van der Waals surface area contributed by atoms with Gasteiger partial charge in [0.2, 0.25) is 10.0 Å². The number of aromatic nitrogens is 2. The number of nitrogens with zero attached hydrogens (tertiary/aromatic N) is 2. The van der Waals surface area contributed by atoms with Crippen LogP contribution in [0.3, 0.4) is 0 Å². The smallest absolute Gasteiger partial charge is 0.257 e. The number of hydrogen-bond acceptors (Lipinski definition) is 4. The Balaban J connectivity index is 1.73. The Morgan fingerprint density at radius 3 is 2.57 bits per heavy atom. The van der Waals surface area contributed by atoms with E-state index in [1.165, 1.54) is 6.08 Å². The van der Waals surface area contributed by atoms with Crippen LogP contribution in [0.2, 0.25) is 0 Å². The molecule has 0 saturated carbocycles. The molecule has 1 aromatic carbocycles.